The minimum Gasteiger partial charge on any atom is -0.478 e. The summed E-state index contributed by atoms with van der Waals surface area (Å²) in [5.41, 5.74) is 1.23. The highest BCUT2D eigenvalue weighted by molar-refractivity contribution is 5.94. The smallest absolute Gasteiger partial charge is 0.328 e. The van der Waals surface area contributed by atoms with E-state index in [2.05, 4.69) is 0 Å². The standard InChI is InChI=1S/C12H13NO3/c1-13(2)12(16)10-5-3-4-9(8-10)6-7-11(14)15/h3-8H,1-2H3,(H,14,15). The summed E-state index contributed by atoms with van der Waals surface area (Å²) in [6, 6.07) is 6.81. The summed E-state index contributed by atoms with van der Waals surface area (Å²) < 4.78 is 0. The van der Waals surface area contributed by atoms with Crippen molar-refractivity contribution in [2.75, 3.05) is 14.1 Å². The molecule has 1 amide bonds. The lowest BCUT2D eigenvalue weighted by atomic mass is 10.1. The fraction of sp³-hybridized carbons (Fsp3) is 0.167. The molecule has 4 nitrogen and oxygen atoms in total. The van der Waals surface area contributed by atoms with Crippen LogP contribution in [-0.2, 0) is 4.79 Å². The third kappa shape index (κ3) is 3.24. The number of carbonyl (C=O) groups excluding carboxylic acids is 1. The predicted molar refractivity (Wildman–Crippen MR) is 61.1 cm³/mol. The molecule has 84 valence electrons. The van der Waals surface area contributed by atoms with Crippen LogP contribution >= 0.6 is 0 Å². The maximum Gasteiger partial charge on any atom is 0.328 e. The molecule has 1 aromatic rings. The molecule has 0 aliphatic heterocycles. The fourth-order valence-corrected chi connectivity index (χ4v) is 1.20. The van der Waals surface area contributed by atoms with Crippen LogP contribution in [0.25, 0.3) is 6.08 Å². The minimum absolute atomic E-state index is 0.106. The lowest BCUT2D eigenvalue weighted by molar-refractivity contribution is -0.131. The predicted octanol–water partition coefficient (Wildman–Crippen LogP) is 1.49. The second kappa shape index (κ2) is 5.11. The summed E-state index contributed by atoms with van der Waals surface area (Å²) in [5.74, 6) is -1.12. The number of carbonyl (C=O) groups is 2. The van der Waals surface area contributed by atoms with Crippen molar-refractivity contribution in [3.8, 4) is 0 Å². The molecule has 0 heterocycles. The monoisotopic (exact) mass is 219 g/mol. The van der Waals surface area contributed by atoms with E-state index in [1.807, 2.05) is 0 Å². The van der Waals surface area contributed by atoms with Crippen LogP contribution in [0.3, 0.4) is 0 Å². The van der Waals surface area contributed by atoms with Gasteiger partial charge in [-0.15, -0.1) is 0 Å². The van der Waals surface area contributed by atoms with E-state index in [0.717, 1.165) is 6.08 Å². The lowest BCUT2D eigenvalue weighted by Gasteiger charge is -2.10. The molecule has 0 bridgehead atoms. The Morgan fingerprint density at radius 2 is 2.00 bits per heavy atom. The van der Waals surface area contributed by atoms with Crippen LogP contribution in [0.5, 0.6) is 0 Å². The fourth-order valence-electron chi connectivity index (χ4n) is 1.20. The Balaban J connectivity index is 2.95. The number of hydrogen-bond acceptors (Lipinski definition) is 2. The molecule has 1 aromatic carbocycles. The Labute approximate surface area is 93.8 Å². The van der Waals surface area contributed by atoms with Crippen LogP contribution in [0.15, 0.2) is 30.3 Å². The summed E-state index contributed by atoms with van der Waals surface area (Å²) >= 11 is 0. The summed E-state index contributed by atoms with van der Waals surface area (Å²) in [6.45, 7) is 0. The van der Waals surface area contributed by atoms with Gasteiger partial charge >= 0.3 is 5.97 Å². The summed E-state index contributed by atoms with van der Waals surface area (Å²) in [6.07, 6.45) is 2.49. The zero-order chi connectivity index (χ0) is 12.1. The van der Waals surface area contributed by atoms with Gasteiger partial charge in [0.2, 0.25) is 0 Å². The van der Waals surface area contributed by atoms with Gasteiger partial charge in [-0.25, -0.2) is 4.79 Å². The summed E-state index contributed by atoms with van der Waals surface area (Å²) in [5, 5.41) is 8.48. The first-order valence-electron chi connectivity index (χ1n) is 4.73. The highest BCUT2D eigenvalue weighted by Gasteiger charge is 2.06. The van der Waals surface area contributed by atoms with Crippen LogP contribution in [0.2, 0.25) is 0 Å². The van der Waals surface area contributed by atoms with Gasteiger partial charge in [-0.2, -0.15) is 0 Å². The molecule has 0 spiro atoms. The van der Waals surface area contributed by atoms with E-state index < -0.39 is 5.97 Å². The van der Waals surface area contributed by atoms with E-state index in [1.54, 1.807) is 38.4 Å². The van der Waals surface area contributed by atoms with E-state index in [4.69, 9.17) is 5.11 Å². The summed E-state index contributed by atoms with van der Waals surface area (Å²) in [7, 11) is 3.34. The van der Waals surface area contributed by atoms with Crippen molar-refractivity contribution < 1.29 is 14.7 Å². The van der Waals surface area contributed by atoms with Crippen molar-refractivity contribution in [1.82, 2.24) is 4.90 Å². The second-order valence-electron chi connectivity index (χ2n) is 3.50. The van der Waals surface area contributed by atoms with Gasteiger partial charge in [-0.3, -0.25) is 4.79 Å². The topological polar surface area (TPSA) is 57.6 Å². The molecule has 0 aliphatic rings. The molecular formula is C12H13NO3. The van der Waals surface area contributed by atoms with Gasteiger partial charge in [0.05, 0.1) is 0 Å². The van der Waals surface area contributed by atoms with Gasteiger partial charge in [0.15, 0.2) is 0 Å². The zero-order valence-corrected chi connectivity index (χ0v) is 9.18. The molecule has 0 aromatic heterocycles. The molecule has 1 N–H and O–H groups in total. The number of benzene rings is 1. The zero-order valence-electron chi connectivity index (χ0n) is 9.18. The van der Waals surface area contributed by atoms with Crippen molar-refractivity contribution >= 4 is 18.0 Å². The molecule has 0 aliphatic carbocycles. The van der Waals surface area contributed by atoms with Crippen molar-refractivity contribution in [2.45, 2.75) is 0 Å². The number of hydrogen-bond donors (Lipinski definition) is 1. The number of aliphatic carboxylic acids is 1. The molecular weight excluding hydrogens is 206 g/mol. The van der Waals surface area contributed by atoms with Crippen LogP contribution in [0.1, 0.15) is 15.9 Å². The van der Waals surface area contributed by atoms with Crippen molar-refractivity contribution in [3.05, 3.63) is 41.5 Å². The third-order valence-corrected chi connectivity index (χ3v) is 1.96. The lowest BCUT2D eigenvalue weighted by Crippen LogP contribution is -2.21. The van der Waals surface area contributed by atoms with Crippen LogP contribution in [0, 0.1) is 0 Å². The number of amides is 1. The number of rotatable bonds is 3. The van der Waals surface area contributed by atoms with Crippen LogP contribution < -0.4 is 0 Å². The Hall–Kier alpha value is -2.10. The first-order chi connectivity index (χ1) is 7.50. The first-order valence-corrected chi connectivity index (χ1v) is 4.73. The normalized spacial score (nSPS) is 10.4. The van der Waals surface area contributed by atoms with Crippen molar-refractivity contribution in [1.29, 1.82) is 0 Å². The van der Waals surface area contributed by atoms with E-state index in [-0.39, 0.29) is 5.91 Å². The highest BCUT2D eigenvalue weighted by Crippen LogP contribution is 2.08. The Kier molecular flexibility index (Phi) is 3.83. The van der Waals surface area contributed by atoms with Crippen molar-refractivity contribution in [3.63, 3.8) is 0 Å². The number of carboxylic acids is 1. The van der Waals surface area contributed by atoms with Gasteiger partial charge in [0, 0.05) is 25.7 Å². The molecule has 16 heavy (non-hydrogen) atoms. The molecule has 0 radical (unpaired) electrons. The Morgan fingerprint density at radius 1 is 1.31 bits per heavy atom. The Bertz CT molecular complexity index is 436. The molecule has 0 unspecified atom stereocenters. The van der Waals surface area contributed by atoms with Gasteiger partial charge in [0.1, 0.15) is 0 Å². The van der Waals surface area contributed by atoms with E-state index in [9.17, 15) is 9.59 Å². The second-order valence-corrected chi connectivity index (χ2v) is 3.50. The van der Waals surface area contributed by atoms with Gasteiger partial charge in [-0.05, 0) is 23.8 Å². The minimum atomic E-state index is -1.01. The van der Waals surface area contributed by atoms with E-state index in [0.29, 0.717) is 11.1 Å². The van der Waals surface area contributed by atoms with Gasteiger partial charge < -0.3 is 10.0 Å². The molecule has 0 fully saturated rings. The summed E-state index contributed by atoms with van der Waals surface area (Å²) in [4.78, 5) is 23.4. The third-order valence-electron chi connectivity index (χ3n) is 1.96. The highest BCUT2D eigenvalue weighted by atomic mass is 16.4. The number of carboxylic acid groups (broad SMARTS) is 1. The SMILES string of the molecule is CN(C)C(=O)c1cccc(C=CC(=O)O)c1. The Morgan fingerprint density at radius 3 is 2.56 bits per heavy atom. The first kappa shape index (κ1) is 12.0. The molecule has 0 saturated heterocycles. The average molecular weight is 219 g/mol. The van der Waals surface area contributed by atoms with Gasteiger partial charge in [-0.1, -0.05) is 12.1 Å². The van der Waals surface area contributed by atoms with E-state index in [1.165, 1.54) is 11.0 Å². The molecule has 4 heteroatoms. The quantitative estimate of drug-likeness (QED) is 0.783. The van der Waals surface area contributed by atoms with Gasteiger partial charge in [0.25, 0.3) is 5.91 Å². The average Bonchev–Trinajstić information content (AvgIpc) is 2.25. The largest absolute Gasteiger partial charge is 0.478 e. The maximum absolute atomic E-state index is 11.6. The van der Waals surface area contributed by atoms with Crippen LogP contribution in [0.4, 0.5) is 0 Å². The van der Waals surface area contributed by atoms with Crippen LogP contribution in [-0.4, -0.2) is 36.0 Å². The molecule has 0 atom stereocenters. The molecule has 0 saturated carbocycles. The van der Waals surface area contributed by atoms with Crippen molar-refractivity contribution in [2.24, 2.45) is 0 Å². The number of nitrogens with zero attached hydrogens (tertiary/aromatic N) is 1. The molecule has 1 rings (SSSR count). The maximum atomic E-state index is 11.6. The van der Waals surface area contributed by atoms with E-state index >= 15 is 0 Å².